The third-order valence-electron chi connectivity index (χ3n) is 6.92. The minimum atomic E-state index is 0. The molecule has 0 N–H and O–H groups in total. The van der Waals surface area contributed by atoms with Gasteiger partial charge in [-0.3, -0.25) is 0 Å². The molecule has 6 rings (SSSR count). The Kier molecular flexibility index (Phi) is 22.3. The molecule has 0 saturated carbocycles. The zero-order valence-corrected chi connectivity index (χ0v) is 31.3. The molecule has 0 aliphatic heterocycles. The van der Waals surface area contributed by atoms with Crippen molar-refractivity contribution in [2.24, 2.45) is 0 Å². The van der Waals surface area contributed by atoms with Gasteiger partial charge in [0.05, 0.1) is 0 Å². The first-order valence-corrected chi connectivity index (χ1v) is 14.0. The van der Waals surface area contributed by atoms with E-state index in [1.165, 1.54) is 80.6 Å². The second-order valence-electron chi connectivity index (χ2n) is 10.1. The van der Waals surface area contributed by atoms with Crippen molar-refractivity contribution < 1.29 is 26.2 Å². The van der Waals surface area contributed by atoms with Crippen LogP contribution in [0.5, 0.6) is 0 Å². The monoisotopic (exact) mass is 701 g/mol. The maximum absolute atomic E-state index is 2.26. The molecule has 0 aliphatic rings. The quantitative estimate of drug-likeness (QED) is 0.0952. The fourth-order valence-corrected chi connectivity index (χ4v) is 5.01. The molecule has 0 amide bonds. The van der Waals surface area contributed by atoms with Crippen LogP contribution in [0.3, 0.4) is 0 Å². The Morgan fingerprint density at radius 1 is 0.512 bits per heavy atom. The van der Waals surface area contributed by atoms with E-state index >= 15 is 0 Å². The van der Waals surface area contributed by atoms with Crippen LogP contribution in [0.4, 0.5) is 0 Å². The third-order valence-corrected chi connectivity index (χ3v) is 6.92. The van der Waals surface area contributed by atoms with E-state index in [0.717, 1.165) is 0 Å². The summed E-state index contributed by atoms with van der Waals surface area (Å²) in [4.78, 5) is 0. The van der Waals surface area contributed by atoms with Gasteiger partial charge in [0.15, 0.2) is 0 Å². The molecule has 0 spiro atoms. The zero-order valence-electron chi connectivity index (χ0n) is 26.2. The minimum absolute atomic E-state index is 0. The Balaban J connectivity index is 0. The molecule has 0 nitrogen and oxygen atoms in total. The third kappa shape index (κ3) is 12.0. The summed E-state index contributed by atoms with van der Waals surface area (Å²) in [6.07, 6.45) is 5.54. The van der Waals surface area contributed by atoms with Crippen molar-refractivity contribution in [2.45, 2.75) is 53.4 Å². The van der Waals surface area contributed by atoms with Gasteiger partial charge in [-0.2, -0.15) is 12.1 Å². The number of hydrogen-bond donors (Lipinski definition) is 0. The smallest absolute Gasteiger partial charge is 0.358 e. The van der Waals surface area contributed by atoms with Gasteiger partial charge in [-0.15, -0.1) is 93.9 Å². The van der Waals surface area contributed by atoms with Crippen LogP contribution in [0.2, 0.25) is 0 Å². The van der Waals surface area contributed by atoms with Crippen LogP contribution in [0, 0.1) is 21.3 Å². The molecule has 0 fully saturated rings. The maximum Gasteiger partial charge on any atom is 3.00 e. The van der Waals surface area contributed by atoms with Gasteiger partial charge >= 0.3 is 26.2 Å². The number of hydrogen-bond acceptors (Lipinski definition) is 0. The van der Waals surface area contributed by atoms with Crippen molar-refractivity contribution in [2.75, 3.05) is 0 Å². The largest absolute Gasteiger partial charge is 3.00 e. The Bertz CT molecular complexity index is 1430. The van der Waals surface area contributed by atoms with E-state index < -0.39 is 0 Å². The molecule has 0 bridgehead atoms. The molecule has 0 aliphatic carbocycles. The van der Waals surface area contributed by atoms with E-state index in [1.807, 2.05) is 0 Å². The van der Waals surface area contributed by atoms with Gasteiger partial charge < -0.3 is 7.43 Å². The molecule has 4 heteroatoms. The molecule has 0 heterocycles. The second-order valence-corrected chi connectivity index (χ2v) is 10.1. The molecule has 5 radical (unpaired) electrons. The van der Waals surface area contributed by atoms with Crippen molar-refractivity contribution >= 4 is 57.3 Å². The molecular formula is C39H45Cl2SiZr. The van der Waals surface area contributed by atoms with E-state index in [1.54, 1.807) is 0 Å². The van der Waals surface area contributed by atoms with Gasteiger partial charge in [0, 0.05) is 11.0 Å². The molecule has 6 aromatic carbocycles. The first-order valence-electron chi connectivity index (χ1n) is 14.0. The van der Waals surface area contributed by atoms with Gasteiger partial charge in [0.2, 0.25) is 0 Å². The molecule has 223 valence electrons. The van der Waals surface area contributed by atoms with Crippen LogP contribution >= 0.6 is 24.8 Å². The molecule has 43 heavy (non-hydrogen) atoms. The maximum atomic E-state index is 2.26. The van der Waals surface area contributed by atoms with E-state index in [2.05, 4.69) is 149 Å². The molecule has 0 aromatic heterocycles. The van der Waals surface area contributed by atoms with E-state index in [9.17, 15) is 0 Å². The summed E-state index contributed by atoms with van der Waals surface area (Å²) in [6, 6.07) is 43.1. The fourth-order valence-electron chi connectivity index (χ4n) is 5.01. The Hall–Kier alpha value is -2.22. The summed E-state index contributed by atoms with van der Waals surface area (Å²) in [5, 5.41) is 5.37. The number of rotatable bonds is 5. The van der Waals surface area contributed by atoms with Gasteiger partial charge in [-0.05, 0) is 11.1 Å². The summed E-state index contributed by atoms with van der Waals surface area (Å²) in [6.45, 7) is 8.76. The first-order chi connectivity index (χ1) is 18.6. The zero-order chi connectivity index (χ0) is 26.7. The van der Waals surface area contributed by atoms with Crippen LogP contribution in [0.15, 0.2) is 121 Å². The molecule has 6 aromatic rings. The van der Waals surface area contributed by atoms with Crippen molar-refractivity contribution in [1.82, 2.24) is 0 Å². The topological polar surface area (TPSA) is 0 Å². The Labute approximate surface area is 297 Å². The summed E-state index contributed by atoms with van der Waals surface area (Å²) >= 11 is 0. The standard InChI is InChI=1S/2C16H13.C6H14.CH3.2ClH.Si.Zr/c2*1-12-10-14-8-5-9-15(16(14)11-12)13-6-3-2-4-7-13;1-3-5-6-4-2;;;;;/h2*2-11H,1H3;3-6H2,1-2H3;1H3;2*1H;;/q2*-1;;-1;;;;+3. The van der Waals surface area contributed by atoms with E-state index in [4.69, 9.17) is 0 Å². The average Bonchev–Trinajstić information content (AvgIpc) is 3.54. The predicted molar refractivity (Wildman–Crippen MR) is 196 cm³/mol. The second kappa shape index (κ2) is 22.3. The van der Waals surface area contributed by atoms with Crippen LogP contribution in [-0.2, 0) is 26.2 Å². The van der Waals surface area contributed by atoms with Crippen LogP contribution in [-0.4, -0.2) is 11.0 Å². The van der Waals surface area contributed by atoms with Crippen molar-refractivity contribution in [3.05, 3.63) is 140 Å². The molecular weight excluding hydrogens is 659 g/mol. The number of benzene rings is 4. The molecule has 0 saturated heterocycles. The number of halogens is 2. The van der Waals surface area contributed by atoms with Gasteiger partial charge in [-0.25, -0.2) is 0 Å². The van der Waals surface area contributed by atoms with Crippen molar-refractivity contribution in [3.8, 4) is 22.3 Å². The van der Waals surface area contributed by atoms with Gasteiger partial charge in [-0.1, -0.05) is 137 Å². The Morgan fingerprint density at radius 2 is 0.860 bits per heavy atom. The summed E-state index contributed by atoms with van der Waals surface area (Å²) in [7, 11) is 0. The number of unbranched alkanes of at least 4 members (excludes halogenated alkanes) is 3. The van der Waals surface area contributed by atoms with Crippen molar-refractivity contribution in [1.29, 1.82) is 0 Å². The van der Waals surface area contributed by atoms with Gasteiger partial charge in [0.25, 0.3) is 0 Å². The number of aryl methyl sites for hydroxylation is 2. The fraction of sp³-hybridized carbons (Fsp3) is 0.205. The normalized spacial score (nSPS) is 9.30. The summed E-state index contributed by atoms with van der Waals surface area (Å²) in [5.74, 6) is 0. The minimum Gasteiger partial charge on any atom is -0.358 e. The number of fused-ring (bicyclic) bond motifs is 2. The van der Waals surface area contributed by atoms with Gasteiger partial charge in [0.1, 0.15) is 0 Å². The summed E-state index contributed by atoms with van der Waals surface area (Å²) in [5.41, 5.74) is 7.89. The molecule has 0 atom stereocenters. The predicted octanol–water partition coefficient (Wildman–Crippen LogP) is 12.6. The summed E-state index contributed by atoms with van der Waals surface area (Å²) < 4.78 is 0. The van der Waals surface area contributed by atoms with Crippen LogP contribution in [0.25, 0.3) is 43.8 Å². The van der Waals surface area contributed by atoms with Crippen LogP contribution in [0.1, 0.15) is 50.7 Å². The molecule has 0 unspecified atom stereocenters. The Morgan fingerprint density at radius 3 is 1.19 bits per heavy atom. The SMILES string of the molecule is CCCCCC.Cc1cc2c(-c3ccccc3)cccc2[cH-]1.Cc1cc2c(-c3ccccc3)cccc2[cH-]1.Cl.Cl.[CH3-].[Si].[Zr+3]. The van der Waals surface area contributed by atoms with Crippen molar-refractivity contribution in [3.63, 3.8) is 0 Å². The van der Waals surface area contributed by atoms with Crippen LogP contribution < -0.4 is 0 Å². The van der Waals surface area contributed by atoms with E-state index in [-0.39, 0.29) is 69.4 Å². The first kappa shape index (κ1) is 42.9. The average molecular weight is 704 g/mol. The van der Waals surface area contributed by atoms with E-state index in [0.29, 0.717) is 0 Å².